The summed E-state index contributed by atoms with van der Waals surface area (Å²) >= 11 is 0. The van der Waals surface area contributed by atoms with E-state index in [9.17, 15) is 0 Å². The largest absolute Gasteiger partial charge is 0.354 e. The summed E-state index contributed by atoms with van der Waals surface area (Å²) in [7, 11) is 0. The van der Waals surface area contributed by atoms with Gasteiger partial charge in [-0.25, -0.2) is 4.98 Å². The van der Waals surface area contributed by atoms with E-state index in [1.807, 2.05) is 6.20 Å². The Morgan fingerprint density at radius 3 is 2.29 bits per heavy atom. The lowest BCUT2D eigenvalue weighted by atomic mass is 10.0. The van der Waals surface area contributed by atoms with Gasteiger partial charge in [0.1, 0.15) is 5.82 Å². The van der Waals surface area contributed by atoms with Crippen LogP contribution < -0.4 is 4.90 Å². The fraction of sp³-hybridized carbons (Fsp3) is 0.643. The molecule has 1 aliphatic rings. The summed E-state index contributed by atoms with van der Waals surface area (Å²) in [5, 5.41) is 0. The highest BCUT2D eigenvalue weighted by Crippen LogP contribution is 2.19. The molecule has 1 aromatic rings. The van der Waals surface area contributed by atoms with Crippen molar-refractivity contribution in [2.24, 2.45) is 0 Å². The molecule has 0 N–H and O–H groups in total. The summed E-state index contributed by atoms with van der Waals surface area (Å²) in [6.07, 6.45) is 1.90. The first kappa shape index (κ1) is 12.4. The molecule has 0 aromatic carbocycles. The molecule has 0 saturated carbocycles. The second-order valence-corrected chi connectivity index (χ2v) is 5.84. The van der Waals surface area contributed by atoms with Crippen molar-refractivity contribution >= 4 is 5.82 Å². The van der Waals surface area contributed by atoms with Crippen LogP contribution in [-0.2, 0) is 0 Å². The van der Waals surface area contributed by atoms with E-state index in [0.717, 1.165) is 32.0 Å². The second kappa shape index (κ2) is 4.65. The molecule has 1 saturated heterocycles. The van der Waals surface area contributed by atoms with Gasteiger partial charge in [0.2, 0.25) is 0 Å². The van der Waals surface area contributed by atoms with Crippen molar-refractivity contribution in [2.45, 2.75) is 33.2 Å². The third-order valence-corrected chi connectivity index (χ3v) is 3.45. The lowest BCUT2D eigenvalue weighted by molar-refractivity contribution is 0.128. The fourth-order valence-electron chi connectivity index (χ4n) is 2.30. The van der Waals surface area contributed by atoms with E-state index in [0.29, 0.717) is 0 Å². The number of pyridine rings is 1. The van der Waals surface area contributed by atoms with Crippen LogP contribution in [0.1, 0.15) is 26.3 Å². The lowest BCUT2D eigenvalue weighted by Gasteiger charge is -2.42. The van der Waals surface area contributed by atoms with Crippen LogP contribution in [0.2, 0.25) is 0 Å². The van der Waals surface area contributed by atoms with Gasteiger partial charge >= 0.3 is 0 Å². The Balaban J connectivity index is 2.00. The van der Waals surface area contributed by atoms with E-state index in [1.165, 1.54) is 5.56 Å². The molecule has 0 atom stereocenters. The van der Waals surface area contributed by atoms with Crippen LogP contribution in [0.4, 0.5) is 5.82 Å². The van der Waals surface area contributed by atoms with Crippen LogP contribution in [0, 0.1) is 6.92 Å². The van der Waals surface area contributed by atoms with Gasteiger partial charge in [-0.2, -0.15) is 0 Å². The van der Waals surface area contributed by atoms with E-state index in [1.54, 1.807) is 0 Å². The Kier molecular flexibility index (Phi) is 3.38. The SMILES string of the molecule is Cc1ccnc(N2CCN(C(C)(C)C)CC2)c1. The molecule has 1 fully saturated rings. The third-order valence-electron chi connectivity index (χ3n) is 3.45. The molecule has 0 spiro atoms. The standard InChI is InChI=1S/C14H23N3/c1-12-5-6-15-13(11-12)16-7-9-17(10-8-16)14(2,3)4/h5-6,11H,7-10H2,1-4H3. The first-order valence-corrected chi connectivity index (χ1v) is 6.39. The van der Waals surface area contributed by atoms with Gasteiger partial charge in [0.15, 0.2) is 0 Å². The molecule has 1 aliphatic heterocycles. The van der Waals surface area contributed by atoms with Crippen molar-refractivity contribution in [3.63, 3.8) is 0 Å². The van der Waals surface area contributed by atoms with Gasteiger partial charge in [-0.15, -0.1) is 0 Å². The highest BCUT2D eigenvalue weighted by Gasteiger charge is 2.26. The highest BCUT2D eigenvalue weighted by molar-refractivity contribution is 5.41. The van der Waals surface area contributed by atoms with Crippen molar-refractivity contribution < 1.29 is 0 Å². The summed E-state index contributed by atoms with van der Waals surface area (Å²) in [6, 6.07) is 4.22. The summed E-state index contributed by atoms with van der Waals surface area (Å²) in [5.74, 6) is 1.12. The summed E-state index contributed by atoms with van der Waals surface area (Å²) < 4.78 is 0. The predicted octanol–water partition coefficient (Wildman–Crippen LogP) is 2.31. The monoisotopic (exact) mass is 233 g/mol. The molecule has 94 valence electrons. The minimum atomic E-state index is 0.284. The smallest absolute Gasteiger partial charge is 0.128 e. The number of nitrogens with zero attached hydrogens (tertiary/aromatic N) is 3. The number of rotatable bonds is 1. The maximum Gasteiger partial charge on any atom is 0.128 e. The van der Waals surface area contributed by atoms with Crippen LogP contribution >= 0.6 is 0 Å². The molecule has 0 amide bonds. The number of piperazine rings is 1. The first-order valence-electron chi connectivity index (χ1n) is 6.39. The molecule has 2 rings (SSSR count). The Morgan fingerprint density at radius 2 is 1.76 bits per heavy atom. The zero-order chi connectivity index (χ0) is 12.5. The Hall–Kier alpha value is -1.09. The number of anilines is 1. The van der Waals surface area contributed by atoms with E-state index in [4.69, 9.17) is 0 Å². The number of aryl methyl sites for hydroxylation is 1. The van der Waals surface area contributed by atoms with E-state index in [-0.39, 0.29) is 5.54 Å². The second-order valence-electron chi connectivity index (χ2n) is 5.84. The number of hydrogen-bond acceptors (Lipinski definition) is 3. The van der Waals surface area contributed by atoms with Gasteiger partial charge in [0.25, 0.3) is 0 Å². The van der Waals surface area contributed by atoms with Crippen molar-refractivity contribution in [1.82, 2.24) is 9.88 Å². The van der Waals surface area contributed by atoms with Crippen molar-refractivity contribution in [3.05, 3.63) is 23.9 Å². The maximum atomic E-state index is 4.46. The van der Waals surface area contributed by atoms with Gasteiger partial charge in [-0.3, -0.25) is 4.90 Å². The molecule has 2 heterocycles. The predicted molar refractivity (Wildman–Crippen MR) is 72.5 cm³/mol. The number of hydrogen-bond donors (Lipinski definition) is 0. The molecular weight excluding hydrogens is 210 g/mol. The molecule has 0 aliphatic carbocycles. The third kappa shape index (κ3) is 2.97. The van der Waals surface area contributed by atoms with Gasteiger partial charge in [-0.05, 0) is 45.4 Å². The average Bonchev–Trinajstić information content (AvgIpc) is 2.28. The summed E-state index contributed by atoms with van der Waals surface area (Å²) in [6.45, 7) is 13.4. The molecule has 0 bridgehead atoms. The minimum absolute atomic E-state index is 0.284. The summed E-state index contributed by atoms with van der Waals surface area (Å²) in [5.41, 5.74) is 1.57. The van der Waals surface area contributed by atoms with Gasteiger partial charge in [0.05, 0.1) is 0 Å². The molecular formula is C14H23N3. The van der Waals surface area contributed by atoms with Crippen molar-refractivity contribution in [1.29, 1.82) is 0 Å². The Morgan fingerprint density at radius 1 is 1.12 bits per heavy atom. The van der Waals surface area contributed by atoms with Gasteiger partial charge in [-0.1, -0.05) is 0 Å². The highest BCUT2D eigenvalue weighted by atomic mass is 15.3. The van der Waals surface area contributed by atoms with E-state index >= 15 is 0 Å². The van der Waals surface area contributed by atoms with E-state index in [2.05, 4.69) is 54.6 Å². The van der Waals surface area contributed by atoms with Crippen LogP contribution in [0.25, 0.3) is 0 Å². The molecule has 17 heavy (non-hydrogen) atoms. The van der Waals surface area contributed by atoms with Crippen LogP contribution in [0.15, 0.2) is 18.3 Å². The van der Waals surface area contributed by atoms with E-state index < -0.39 is 0 Å². The van der Waals surface area contributed by atoms with Gasteiger partial charge < -0.3 is 4.90 Å². The zero-order valence-corrected chi connectivity index (χ0v) is 11.4. The quantitative estimate of drug-likeness (QED) is 0.742. The topological polar surface area (TPSA) is 19.4 Å². The maximum absolute atomic E-state index is 4.46. The normalized spacial score (nSPS) is 18.5. The zero-order valence-electron chi connectivity index (χ0n) is 11.4. The Bertz CT molecular complexity index is 373. The Labute approximate surface area is 104 Å². The molecule has 0 unspecified atom stereocenters. The molecule has 1 aromatic heterocycles. The van der Waals surface area contributed by atoms with Crippen LogP contribution in [-0.4, -0.2) is 41.6 Å². The van der Waals surface area contributed by atoms with Crippen molar-refractivity contribution in [3.8, 4) is 0 Å². The van der Waals surface area contributed by atoms with Crippen molar-refractivity contribution in [2.75, 3.05) is 31.1 Å². The molecule has 0 radical (unpaired) electrons. The number of aromatic nitrogens is 1. The van der Waals surface area contributed by atoms with Gasteiger partial charge in [0, 0.05) is 37.9 Å². The molecule has 3 heteroatoms. The first-order chi connectivity index (χ1) is 7.97. The lowest BCUT2D eigenvalue weighted by Crippen LogP contribution is -2.53. The fourth-order valence-corrected chi connectivity index (χ4v) is 2.30. The van der Waals surface area contributed by atoms with Crippen LogP contribution in [0.5, 0.6) is 0 Å². The minimum Gasteiger partial charge on any atom is -0.354 e. The van der Waals surface area contributed by atoms with Crippen LogP contribution in [0.3, 0.4) is 0 Å². The molecule has 3 nitrogen and oxygen atoms in total. The average molecular weight is 233 g/mol. The summed E-state index contributed by atoms with van der Waals surface area (Å²) in [4.78, 5) is 9.38.